The summed E-state index contributed by atoms with van der Waals surface area (Å²) >= 11 is 0. The third-order valence-electron chi connectivity index (χ3n) is 1.98. The smallest absolute Gasteiger partial charge is 0.318 e. The van der Waals surface area contributed by atoms with E-state index in [1.165, 1.54) is 6.92 Å². The van der Waals surface area contributed by atoms with Gasteiger partial charge in [0, 0.05) is 22.3 Å². The van der Waals surface area contributed by atoms with Gasteiger partial charge in [0.15, 0.2) is 0 Å². The average Bonchev–Trinajstić information content (AvgIpc) is 2.16. The Morgan fingerprint density at radius 1 is 1.47 bits per heavy atom. The fourth-order valence-electron chi connectivity index (χ4n) is 0.855. The molecule has 0 spiro atoms. The van der Waals surface area contributed by atoms with Crippen LogP contribution >= 0.6 is 0 Å². The molecule has 0 fully saturated rings. The van der Waals surface area contributed by atoms with Gasteiger partial charge in [-0.15, -0.1) is 0 Å². The predicted molar refractivity (Wildman–Crippen MR) is 59.1 cm³/mol. The minimum absolute atomic E-state index is 0.0262. The first kappa shape index (κ1) is 14.6. The molecule has 0 rings (SSSR count). The maximum absolute atomic E-state index is 11.3. The van der Waals surface area contributed by atoms with Crippen LogP contribution in [-0.2, 0) is 25.4 Å². The van der Waals surface area contributed by atoms with Crippen LogP contribution in [0.1, 0.15) is 20.3 Å². The van der Waals surface area contributed by atoms with Gasteiger partial charge in [-0.25, -0.2) is 8.42 Å². The van der Waals surface area contributed by atoms with Crippen LogP contribution in [-0.4, -0.2) is 46.2 Å². The van der Waals surface area contributed by atoms with Gasteiger partial charge in [0.2, 0.25) is 0 Å². The highest BCUT2D eigenvalue weighted by atomic mass is 32.2. The maximum Gasteiger partial charge on any atom is 0.318 e. The van der Waals surface area contributed by atoms with Gasteiger partial charge in [0.1, 0.15) is 15.1 Å². The summed E-state index contributed by atoms with van der Waals surface area (Å²) in [6.07, 6.45) is 0.250. The highest BCUT2D eigenvalue weighted by molar-refractivity contribution is 7.91. The van der Waals surface area contributed by atoms with Crippen molar-refractivity contribution in [2.24, 2.45) is 0 Å². The number of hydrogen-bond acceptors (Lipinski definition) is 4. The lowest BCUT2D eigenvalue weighted by Gasteiger charge is -2.06. The van der Waals surface area contributed by atoms with Crippen LogP contribution in [0.25, 0.3) is 0 Å². The van der Waals surface area contributed by atoms with Crippen LogP contribution in [0.2, 0.25) is 0 Å². The van der Waals surface area contributed by atoms with Gasteiger partial charge < -0.3 is 5.11 Å². The largest absolute Gasteiger partial charge is 0.480 e. The van der Waals surface area contributed by atoms with E-state index in [0.717, 1.165) is 0 Å². The first-order chi connectivity index (χ1) is 6.80. The topological polar surface area (TPSA) is 88.5 Å². The van der Waals surface area contributed by atoms with Crippen molar-refractivity contribution < 1.29 is 22.5 Å². The lowest BCUT2D eigenvalue weighted by molar-refractivity contribution is -0.136. The molecule has 0 saturated carbocycles. The quantitative estimate of drug-likeness (QED) is 0.694. The molecule has 1 N–H and O–H groups in total. The lowest BCUT2D eigenvalue weighted by atomic mass is 10.5. The van der Waals surface area contributed by atoms with E-state index in [1.54, 1.807) is 6.92 Å². The number of aliphatic carboxylic acids is 1. The molecule has 0 aliphatic rings. The summed E-state index contributed by atoms with van der Waals surface area (Å²) in [5.74, 6) is -0.964. The summed E-state index contributed by atoms with van der Waals surface area (Å²) in [7, 11) is -4.54. The molecule has 7 heteroatoms. The molecular weight excluding hydrogens is 240 g/mol. The number of carboxylic acids is 1. The monoisotopic (exact) mass is 256 g/mol. The van der Waals surface area contributed by atoms with Gasteiger partial charge in [0.25, 0.3) is 0 Å². The SMILES string of the molecule is CCS(=O)(=O)CCCS(=O)C(C)C(=O)O. The van der Waals surface area contributed by atoms with Crippen LogP contribution in [0.15, 0.2) is 0 Å². The highest BCUT2D eigenvalue weighted by Gasteiger charge is 2.19. The molecule has 90 valence electrons. The third kappa shape index (κ3) is 5.88. The molecule has 2 atom stereocenters. The van der Waals surface area contributed by atoms with Crippen molar-refractivity contribution in [2.75, 3.05) is 17.3 Å². The second-order valence-electron chi connectivity index (χ2n) is 3.16. The van der Waals surface area contributed by atoms with E-state index in [-0.39, 0.29) is 23.7 Å². The van der Waals surface area contributed by atoms with E-state index >= 15 is 0 Å². The number of hydrogen-bond donors (Lipinski definition) is 1. The molecule has 15 heavy (non-hydrogen) atoms. The summed E-state index contributed by atoms with van der Waals surface area (Å²) in [6, 6.07) is 0. The van der Waals surface area contributed by atoms with Crippen molar-refractivity contribution in [3.63, 3.8) is 0 Å². The van der Waals surface area contributed by atoms with Crippen molar-refractivity contribution in [2.45, 2.75) is 25.5 Å². The van der Waals surface area contributed by atoms with Crippen molar-refractivity contribution in [1.82, 2.24) is 0 Å². The van der Waals surface area contributed by atoms with Gasteiger partial charge in [-0.3, -0.25) is 9.00 Å². The van der Waals surface area contributed by atoms with Gasteiger partial charge in [0.05, 0.1) is 5.75 Å². The summed E-state index contributed by atoms with van der Waals surface area (Å²) in [4.78, 5) is 10.4. The zero-order chi connectivity index (χ0) is 12.1. The second-order valence-corrected chi connectivity index (χ2v) is 7.50. The Balaban J connectivity index is 3.99. The maximum atomic E-state index is 11.3. The Bertz CT molecular complexity index is 333. The van der Waals surface area contributed by atoms with Crippen molar-refractivity contribution >= 4 is 26.6 Å². The molecule has 0 aromatic rings. The summed E-state index contributed by atoms with van der Waals surface area (Å²) < 4.78 is 33.4. The molecule has 0 aromatic heterocycles. The van der Waals surface area contributed by atoms with Crippen molar-refractivity contribution in [3.05, 3.63) is 0 Å². The molecule has 0 aliphatic heterocycles. The van der Waals surface area contributed by atoms with Gasteiger partial charge in [-0.2, -0.15) is 0 Å². The normalized spacial score (nSPS) is 15.9. The molecule has 0 heterocycles. The Morgan fingerprint density at radius 3 is 2.40 bits per heavy atom. The van der Waals surface area contributed by atoms with E-state index < -0.39 is 31.9 Å². The Labute approximate surface area is 92.2 Å². The average molecular weight is 256 g/mol. The minimum Gasteiger partial charge on any atom is -0.480 e. The van der Waals surface area contributed by atoms with Gasteiger partial charge >= 0.3 is 5.97 Å². The zero-order valence-corrected chi connectivity index (χ0v) is 10.4. The van der Waals surface area contributed by atoms with Crippen LogP contribution in [0.3, 0.4) is 0 Å². The molecule has 2 unspecified atom stereocenters. The standard InChI is InChI=1S/C8H16O5S2/c1-3-15(12,13)6-4-5-14(11)7(2)8(9)10/h7H,3-6H2,1-2H3,(H,9,10). The summed E-state index contributed by atoms with van der Waals surface area (Å²) in [5, 5.41) is 7.61. The van der Waals surface area contributed by atoms with E-state index in [4.69, 9.17) is 5.11 Å². The molecule has 0 aromatic carbocycles. The molecule has 0 bridgehead atoms. The number of sulfone groups is 1. The van der Waals surface area contributed by atoms with E-state index in [0.29, 0.717) is 0 Å². The highest BCUT2D eigenvalue weighted by Crippen LogP contribution is 2.01. The molecule has 0 radical (unpaired) electrons. The Kier molecular flexibility index (Phi) is 6.04. The Hall–Kier alpha value is -0.430. The first-order valence-corrected chi connectivity index (χ1v) is 7.81. The molecule has 0 aliphatic carbocycles. The second kappa shape index (κ2) is 6.22. The minimum atomic E-state index is -3.04. The zero-order valence-electron chi connectivity index (χ0n) is 8.80. The predicted octanol–water partition coefficient (Wildman–Crippen LogP) is 0.0330. The number of rotatable bonds is 7. The van der Waals surface area contributed by atoms with Gasteiger partial charge in [-0.05, 0) is 13.3 Å². The first-order valence-electron chi connectivity index (χ1n) is 4.60. The molecular formula is C8H16O5S2. The van der Waals surface area contributed by atoms with Gasteiger partial charge in [-0.1, -0.05) is 6.92 Å². The Morgan fingerprint density at radius 2 is 2.00 bits per heavy atom. The molecule has 0 saturated heterocycles. The van der Waals surface area contributed by atoms with E-state index in [2.05, 4.69) is 0 Å². The fraction of sp³-hybridized carbons (Fsp3) is 0.875. The molecule has 5 nitrogen and oxygen atoms in total. The number of carbonyl (C=O) groups is 1. The fourth-order valence-corrected chi connectivity index (χ4v) is 2.92. The summed E-state index contributed by atoms with van der Waals surface area (Å²) in [6.45, 7) is 2.90. The van der Waals surface area contributed by atoms with Crippen LogP contribution in [0.5, 0.6) is 0 Å². The van der Waals surface area contributed by atoms with Crippen molar-refractivity contribution in [3.8, 4) is 0 Å². The van der Waals surface area contributed by atoms with Crippen LogP contribution in [0.4, 0.5) is 0 Å². The van der Waals surface area contributed by atoms with E-state index in [9.17, 15) is 17.4 Å². The third-order valence-corrected chi connectivity index (χ3v) is 5.45. The van der Waals surface area contributed by atoms with Crippen LogP contribution < -0.4 is 0 Å². The number of carboxylic acid groups (broad SMARTS) is 1. The van der Waals surface area contributed by atoms with Crippen LogP contribution in [0, 0.1) is 0 Å². The van der Waals surface area contributed by atoms with Crippen molar-refractivity contribution in [1.29, 1.82) is 0 Å². The lowest BCUT2D eigenvalue weighted by Crippen LogP contribution is -2.24. The summed E-state index contributed by atoms with van der Waals surface area (Å²) in [5.41, 5.74) is 0. The van der Waals surface area contributed by atoms with E-state index in [1.807, 2.05) is 0 Å². The molecule has 0 amide bonds.